The summed E-state index contributed by atoms with van der Waals surface area (Å²) in [5.41, 5.74) is 0.426. The number of likely N-dealkylation sites (N-methyl/N-ethyl adjacent to an activating group) is 1. The van der Waals surface area contributed by atoms with Crippen LogP contribution in [0.15, 0.2) is 35.7 Å². The lowest BCUT2D eigenvalue weighted by molar-refractivity contribution is -0.000450. The van der Waals surface area contributed by atoms with Gasteiger partial charge in [-0.05, 0) is 58.4 Å². The van der Waals surface area contributed by atoms with Crippen molar-refractivity contribution in [2.45, 2.75) is 63.3 Å². The fourth-order valence-corrected chi connectivity index (χ4v) is 5.45. The number of benzene rings is 1. The molecule has 0 saturated heterocycles. The monoisotopic (exact) mass is 551 g/mol. The third-order valence-electron chi connectivity index (χ3n) is 6.67. The maximum atomic E-state index is 14.0. The Morgan fingerprint density at radius 2 is 2.03 bits per heavy atom. The Hall–Kier alpha value is -2.67. The number of rotatable bonds is 7. The predicted octanol–water partition coefficient (Wildman–Crippen LogP) is 2.24. The number of aryl methyl sites for hydroxylation is 1. The molecule has 1 aliphatic rings. The minimum atomic E-state index is -3.96. The number of aliphatic hydroxyl groups is 1. The lowest BCUT2D eigenvalue weighted by Crippen LogP contribution is -2.47. The van der Waals surface area contributed by atoms with Crippen LogP contribution < -0.4 is 14.8 Å². The van der Waals surface area contributed by atoms with Crippen LogP contribution in [0.2, 0.25) is 0 Å². The summed E-state index contributed by atoms with van der Waals surface area (Å²) >= 11 is 0. The fourth-order valence-electron chi connectivity index (χ4n) is 4.41. The average molecular weight is 552 g/mol. The molecule has 1 amide bonds. The molecule has 1 aromatic heterocycles. The van der Waals surface area contributed by atoms with Gasteiger partial charge in [0.15, 0.2) is 5.03 Å². The zero-order valence-corrected chi connectivity index (χ0v) is 23.7. The van der Waals surface area contributed by atoms with Crippen LogP contribution in [0.4, 0.5) is 5.69 Å². The van der Waals surface area contributed by atoms with E-state index in [1.165, 1.54) is 23.2 Å². The van der Waals surface area contributed by atoms with Gasteiger partial charge in [-0.25, -0.2) is 4.98 Å². The first-order valence-electron chi connectivity index (χ1n) is 13.0. The standard InChI is InChI=1S/C26H41N5O6S/c1-18-14-31(19(2)16-32)26(33)22-12-21(29-38(34,35)25-15-30(5)17-28-25)9-10-23(22)37-20(3)8-6-7-11-36-24(18)13-27-4/h9-10,12,15,17-20,24,27,29,32H,6-8,11,13-14,16H2,1-5H3/t18-,19-,20+,24-/m0/s1. The molecule has 3 rings (SSSR count). The summed E-state index contributed by atoms with van der Waals surface area (Å²) in [6, 6.07) is 4.19. The lowest BCUT2D eigenvalue weighted by Gasteiger charge is -2.34. The van der Waals surface area contributed by atoms with Crippen molar-refractivity contribution in [1.82, 2.24) is 19.8 Å². The number of nitrogens with zero attached hydrogens (tertiary/aromatic N) is 3. The van der Waals surface area contributed by atoms with E-state index >= 15 is 0 Å². The van der Waals surface area contributed by atoms with Crippen LogP contribution in [-0.2, 0) is 21.8 Å². The van der Waals surface area contributed by atoms with Gasteiger partial charge >= 0.3 is 0 Å². The summed E-state index contributed by atoms with van der Waals surface area (Å²) in [7, 11) is -0.420. The molecule has 0 spiro atoms. The second kappa shape index (κ2) is 13.4. The molecule has 0 bridgehead atoms. The van der Waals surface area contributed by atoms with Crippen LogP contribution in [0.3, 0.4) is 0 Å². The van der Waals surface area contributed by atoms with Gasteiger partial charge in [-0.15, -0.1) is 0 Å². The second-order valence-electron chi connectivity index (χ2n) is 10.1. The third kappa shape index (κ3) is 7.68. The largest absolute Gasteiger partial charge is 0.490 e. The van der Waals surface area contributed by atoms with Crippen LogP contribution >= 0.6 is 0 Å². The van der Waals surface area contributed by atoms with Gasteiger partial charge in [-0.3, -0.25) is 9.52 Å². The van der Waals surface area contributed by atoms with Crippen LogP contribution in [0.5, 0.6) is 5.75 Å². The molecule has 4 atom stereocenters. The van der Waals surface area contributed by atoms with Gasteiger partial charge in [0, 0.05) is 44.5 Å². The number of imidazole rings is 1. The second-order valence-corrected chi connectivity index (χ2v) is 11.7. The van der Waals surface area contributed by atoms with Gasteiger partial charge in [0.25, 0.3) is 15.9 Å². The summed E-state index contributed by atoms with van der Waals surface area (Å²) in [5.74, 6) is -0.0246. The molecule has 0 unspecified atom stereocenters. The van der Waals surface area contributed by atoms with Crippen LogP contribution in [0.25, 0.3) is 0 Å². The molecular formula is C26H41N5O6S. The number of hydrogen-bond donors (Lipinski definition) is 3. The fraction of sp³-hybridized carbons (Fsp3) is 0.615. The lowest BCUT2D eigenvalue weighted by atomic mass is 10.0. The molecule has 38 heavy (non-hydrogen) atoms. The van der Waals surface area contributed by atoms with Crippen molar-refractivity contribution in [2.75, 3.05) is 38.1 Å². The number of nitrogens with one attached hydrogen (secondary N) is 2. The van der Waals surface area contributed by atoms with Crippen molar-refractivity contribution in [3.63, 3.8) is 0 Å². The number of ether oxygens (including phenoxy) is 2. The number of sulfonamides is 1. The quantitative estimate of drug-likeness (QED) is 0.477. The average Bonchev–Trinajstić information content (AvgIpc) is 3.33. The minimum Gasteiger partial charge on any atom is -0.490 e. The Morgan fingerprint density at radius 1 is 1.26 bits per heavy atom. The minimum absolute atomic E-state index is 0.0301. The molecule has 0 fully saturated rings. The highest BCUT2D eigenvalue weighted by molar-refractivity contribution is 7.92. The number of carbonyl (C=O) groups is 1. The molecule has 0 radical (unpaired) electrons. The highest BCUT2D eigenvalue weighted by Gasteiger charge is 2.30. The Morgan fingerprint density at radius 3 is 2.68 bits per heavy atom. The summed E-state index contributed by atoms with van der Waals surface area (Å²) in [6.45, 7) is 7.10. The van der Waals surface area contributed by atoms with Crippen LogP contribution in [0, 0.1) is 5.92 Å². The van der Waals surface area contributed by atoms with Crippen molar-refractivity contribution >= 4 is 21.6 Å². The number of carbonyl (C=O) groups excluding carboxylic acids is 1. The number of hydrogen-bond acceptors (Lipinski definition) is 8. The Balaban J connectivity index is 2.02. The zero-order valence-electron chi connectivity index (χ0n) is 22.9. The van der Waals surface area contributed by atoms with E-state index in [-0.39, 0.29) is 46.9 Å². The van der Waals surface area contributed by atoms with Crippen molar-refractivity contribution in [1.29, 1.82) is 0 Å². The first-order valence-corrected chi connectivity index (χ1v) is 14.5. The molecule has 0 saturated carbocycles. The highest BCUT2D eigenvalue weighted by Crippen LogP contribution is 2.29. The first-order chi connectivity index (χ1) is 18.1. The smallest absolute Gasteiger partial charge is 0.280 e. The molecule has 1 aromatic carbocycles. The molecule has 3 N–H and O–H groups in total. The zero-order chi connectivity index (χ0) is 27.9. The van der Waals surface area contributed by atoms with Gasteiger partial charge in [0.05, 0.1) is 36.7 Å². The molecule has 0 aliphatic carbocycles. The van der Waals surface area contributed by atoms with Gasteiger partial charge in [-0.2, -0.15) is 8.42 Å². The number of aromatic nitrogens is 2. The number of aliphatic hydroxyl groups excluding tert-OH is 1. The molecule has 11 nitrogen and oxygen atoms in total. The van der Waals surface area contributed by atoms with Crippen molar-refractivity contribution < 1.29 is 27.8 Å². The van der Waals surface area contributed by atoms with E-state index in [1.807, 2.05) is 20.9 Å². The van der Waals surface area contributed by atoms with Crippen molar-refractivity contribution in [2.24, 2.45) is 13.0 Å². The van der Waals surface area contributed by atoms with E-state index in [9.17, 15) is 18.3 Å². The van der Waals surface area contributed by atoms with Gasteiger partial charge in [0.2, 0.25) is 0 Å². The molecule has 12 heteroatoms. The van der Waals surface area contributed by atoms with E-state index in [4.69, 9.17) is 9.47 Å². The number of anilines is 1. The van der Waals surface area contributed by atoms with E-state index in [0.29, 0.717) is 25.4 Å². The van der Waals surface area contributed by atoms with Gasteiger partial charge < -0.3 is 29.4 Å². The molecule has 212 valence electrons. The van der Waals surface area contributed by atoms with Crippen LogP contribution in [0.1, 0.15) is 50.4 Å². The van der Waals surface area contributed by atoms with Gasteiger partial charge in [-0.1, -0.05) is 6.92 Å². The SMILES string of the molecule is CNC[C@@H]1OCCCC[C@@H](C)Oc2ccc(NS(=O)(=O)c3cn(C)cn3)cc2C(=O)N([C@@H](C)CO)C[C@@H]1C. The maximum absolute atomic E-state index is 14.0. The normalized spacial score (nSPS) is 22.7. The number of fused-ring (bicyclic) bond motifs is 1. The molecular weight excluding hydrogens is 510 g/mol. The molecule has 2 aromatic rings. The molecule has 1 aliphatic heterocycles. The van der Waals surface area contributed by atoms with E-state index in [0.717, 1.165) is 19.3 Å². The van der Waals surface area contributed by atoms with E-state index in [1.54, 1.807) is 31.0 Å². The van der Waals surface area contributed by atoms with Crippen LogP contribution in [-0.4, -0.2) is 85.5 Å². The summed E-state index contributed by atoms with van der Waals surface area (Å²) in [4.78, 5) is 19.5. The topological polar surface area (TPSA) is 135 Å². The van der Waals surface area contributed by atoms with Gasteiger partial charge in [0.1, 0.15) is 5.75 Å². The van der Waals surface area contributed by atoms with E-state index < -0.39 is 16.1 Å². The Kier molecular flexibility index (Phi) is 10.5. The Bertz CT molecular complexity index is 1170. The van der Waals surface area contributed by atoms with Crippen molar-refractivity contribution in [3.05, 3.63) is 36.3 Å². The third-order valence-corrected chi connectivity index (χ3v) is 7.93. The maximum Gasteiger partial charge on any atom is 0.280 e. The summed E-state index contributed by atoms with van der Waals surface area (Å²) in [6.07, 6.45) is 5.07. The predicted molar refractivity (Wildman–Crippen MR) is 145 cm³/mol. The molecule has 2 heterocycles. The summed E-state index contributed by atoms with van der Waals surface area (Å²) in [5, 5.41) is 13.0. The Labute approximate surface area is 225 Å². The number of amides is 1. The van der Waals surface area contributed by atoms with E-state index in [2.05, 4.69) is 15.0 Å². The highest BCUT2D eigenvalue weighted by atomic mass is 32.2. The van der Waals surface area contributed by atoms with Crippen molar-refractivity contribution in [3.8, 4) is 5.75 Å². The first kappa shape index (κ1) is 29.9. The summed E-state index contributed by atoms with van der Waals surface area (Å²) < 4.78 is 42.2.